The molecule has 0 spiro atoms. The summed E-state index contributed by atoms with van der Waals surface area (Å²) in [6.45, 7) is 0.770. The molecule has 0 radical (unpaired) electrons. The first-order valence-corrected chi connectivity index (χ1v) is 6.21. The summed E-state index contributed by atoms with van der Waals surface area (Å²) < 4.78 is 0. The molecular weight excluding hydrogens is 190 g/mol. The molecule has 2 atom stereocenters. The van der Waals surface area contributed by atoms with E-state index >= 15 is 0 Å². The molecule has 1 amide bonds. The van der Waals surface area contributed by atoms with Crippen LogP contribution in [0.25, 0.3) is 0 Å². The lowest BCUT2D eigenvalue weighted by Crippen LogP contribution is -2.38. The van der Waals surface area contributed by atoms with E-state index in [0.29, 0.717) is 11.8 Å². The van der Waals surface area contributed by atoms with Crippen LogP contribution < -0.4 is 5.32 Å². The Labute approximate surface area is 91.2 Å². The number of aliphatic hydroxyl groups is 1. The molecule has 2 saturated carbocycles. The quantitative estimate of drug-likeness (QED) is 0.742. The van der Waals surface area contributed by atoms with Gasteiger partial charge in [0.05, 0.1) is 6.10 Å². The zero-order valence-electron chi connectivity index (χ0n) is 9.24. The van der Waals surface area contributed by atoms with Gasteiger partial charge >= 0.3 is 0 Å². The van der Waals surface area contributed by atoms with E-state index in [-0.39, 0.29) is 12.0 Å². The van der Waals surface area contributed by atoms with Crippen LogP contribution in [0.3, 0.4) is 0 Å². The molecule has 2 fully saturated rings. The number of hydrogen-bond donors (Lipinski definition) is 2. The summed E-state index contributed by atoms with van der Waals surface area (Å²) in [6, 6.07) is 0. The molecule has 3 heteroatoms. The van der Waals surface area contributed by atoms with Gasteiger partial charge in [-0.25, -0.2) is 0 Å². The smallest absolute Gasteiger partial charge is 0.223 e. The molecule has 2 aliphatic carbocycles. The lowest BCUT2D eigenvalue weighted by atomic mass is 9.84. The molecule has 0 heterocycles. The van der Waals surface area contributed by atoms with Crippen LogP contribution >= 0.6 is 0 Å². The fourth-order valence-electron chi connectivity index (χ4n) is 2.51. The van der Waals surface area contributed by atoms with Gasteiger partial charge in [-0.3, -0.25) is 4.79 Å². The van der Waals surface area contributed by atoms with Crippen LogP contribution in [-0.4, -0.2) is 23.7 Å². The molecular formula is C12H21NO2. The Kier molecular flexibility index (Phi) is 3.62. The fraction of sp³-hybridized carbons (Fsp3) is 0.917. The second-order valence-corrected chi connectivity index (χ2v) is 5.06. The highest BCUT2D eigenvalue weighted by Gasteiger charge is 2.26. The third-order valence-electron chi connectivity index (χ3n) is 3.80. The van der Waals surface area contributed by atoms with Crippen molar-refractivity contribution in [1.29, 1.82) is 0 Å². The number of amides is 1. The van der Waals surface area contributed by atoms with Crippen molar-refractivity contribution in [3.63, 3.8) is 0 Å². The van der Waals surface area contributed by atoms with Crippen molar-refractivity contribution >= 4 is 5.91 Å². The Morgan fingerprint density at radius 1 is 1.20 bits per heavy atom. The molecule has 0 aromatic carbocycles. The third-order valence-corrected chi connectivity index (χ3v) is 3.80. The van der Waals surface area contributed by atoms with Gasteiger partial charge in [-0.1, -0.05) is 12.8 Å². The van der Waals surface area contributed by atoms with E-state index < -0.39 is 0 Å². The SMILES string of the molecule is O=C(NCC1CCCC(O)C1)C1CCC1. The van der Waals surface area contributed by atoms with Crippen LogP contribution in [0, 0.1) is 11.8 Å². The average Bonchev–Trinajstić information content (AvgIpc) is 2.12. The minimum Gasteiger partial charge on any atom is -0.393 e. The maximum Gasteiger partial charge on any atom is 0.223 e. The van der Waals surface area contributed by atoms with Gasteiger partial charge in [-0.2, -0.15) is 0 Å². The summed E-state index contributed by atoms with van der Waals surface area (Å²) in [7, 11) is 0. The van der Waals surface area contributed by atoms with Gasteiger partial charge in [0.25, 0.3) is 0 Å². The molecule has 2 N–H and O–H groups in total. The van der Waals surface area contributed by atoms with E-state index in [2.05, 4.69) is 5.32 Å². The number of nitrogens with one attached hydrogen (secondary N) is 1. The van der Waals surface area contributed by atoms with E-state index in [9.17, 15) is 9.90 Å². The maximum atomic E-state index is 11.6. The molecule has 3 nitrogen and oxygen atoms in total. The van der Waals surface area contributed by atoms with Crippen molar-refractivity contribution in [2.45, 2.75) is 51.0 Å². The summed E-state index contributed by atoms with van der Waals surface area (Å²) in [5.74, 6) is 1.03. The fourth-order valence-corrected chi connectivity index (χ4v) is 2.51. The second kappa shape index (κ2) is 4.97. The molecule has 2 unspecified atom stereocenters. The van der Waals surface area contributed by atoms with Gasteiger partial charge in [0.2, 0.25) is 5.91 Å². The highest BCUT2D eigenvalue weighted by Crippen LogP contribution is 2.27. The van der Waals surface area contributed by atoms with Gasteiger partial charge in [0.15, 0.2) is 0 Å². The van der Waals surface area contributed by atoms with E-state index in [1.807, 2.05) is 0 Å². The number of hydrogen-bond acceptors (Lipinski definition) is 2. The first-order chi connectivity index (χ1) is 7.25. The zero-order chi connectivity index (χ0) is 10.7. The maximum absolute atomic E-state index is 11.6. The standard InChI is InChI=1S/C12H21NO2/c14-11-6-1-3-9(7-11)8-13-12(15)10-4-2-5-10/h9-11,14H,1-8H2,(H,13,15). The molecule has 2 rings (SSSR count). The minimum atomic E-state index is -0.135. The zero-order valence-corrected chi connectivity index (χ0v) is 9.24. The van der Waals surface area contributed by atoms with E-state index in [0.717, 1.165) is 45.1 Å². The van der Waals surface area contributed by atoms with Crippen LogP contribution in [-0.2, 0) is 4.79 Å². The Hall–Kier alpha value is -0.570. The lowest BCUT2D eigenvalue weighted by molar-refractivity contribution is -0.127. The summed E-state index contributed by atoms with van der Waals surface area (Å²) in [5, 5.41) is 12.5. The van der Waals surface area contributed by atoms with E-state index in [1.54, 1.807) is 0 Å². The van der Waals surface area contributed by atoms with Crippen LogP contribution in [0.15, 0.2) is 0 Å². The normalized spacial score (nSPS) is 32.1. The van der Waals surface area contributed by atoms with E-state index in [4.69, 9.17) is 0 Å². The van der Waals surface area contributed by atoms with E-state index in [1.165, 1.54) is 6.42 Å². The minimum absolute atomic E-state index is 0.135. The number of carbonyl (C=O) groups is 1. The first kappa shape index (κ1) is 10.9. The topological polar surface area (TPSA) is 49.3 Å². The number of aliphatic hydroxyl groups excluding tert-OH is 1. The molecule has 86 valence electrons. The Bertz CT molecular complexity index is 226. The molecule has 0 aromatic rings. The van der Waals surface area contributed by atoms with Crippen molar-refractivity contribution in [2.24, 2.45) is 11.8 Å². The van der Waals surface area contributed by atoms with Crippen molar-refractivity contribution in [3.8, 4) is 0 Å². The van der Waals surface area contributed by atoms with Crippen molar-refractivity contribution in [3.05, 3.63) is 0 Å². The van der Waals surface area contributed by atoms with Gasteiger partial charge in [-0.15, -0.1) is 0 Å². The monoisotopic (exact) mass is 211 g/mol. The number of rotatable bonds is 3. The Balaban J connectivity index is 1.65. The third kappa shape index (κ3) is 2.94. The average molecular weight is 211 g/mol. The van der Waals surface area contributed by atoms with Crippen LogP contribution in [0.1, 0.15) is 44.9 Å². The van der Waals surface area contributed by atoms with Crippen LogP contribution in [0.5, 0.6) is 0 Å². The van der Waals surface area contributed by atoms with Gasteiger partial charge in [0, 0.05) is 12.5 Å². The Morgan fingerprint density at radius 3 is 2.53 bits per heavy atom. The van der Waals surface area contributed by atoms with Crippen LogP contribution in [0.4, 0.5) is 0 Å². The van der Waals surface area contributed by atoms with Gasteiger partial charge in [-0.05, 0) is 38.0 Å². The molecule has 0 aromatic heterocycles. The van der Waals surface area contributed by atoms with Crippen molar-refractivity contribution in [1.82, 2.24) is 5.32 Å². The molecule has 0 aliphatic heterocycles. The van der Waals surface area contributed by atoms with Gasteiger partial charge in [0.1, 0.15) is 0 Å². The highest BCUT2D eigenvalue weighted by molar-refractivity contribution is 5.79. The molecule has 0 bridgehead atoms. The largest absolute Gasteiger partial charge is 0.393 e. The summed E-state index contributed by atoms with van der Waals surface area (Å²) >= 11 is 0. The van der Waals surface area contributed by atoms with Gasteiger partial charge < -0.3 is 10.4 Å². The van der Waals surface area contributed by atoms with Crippen molar-refractivity contribution in [2.75, 3.05) is 6.54 Å². The predicted molar refractivity (Wildman–Crippen MR) is 58.3 cm³/mol. The summed E-state index contributed by atoms with van der Waals surface area (Å²) in [4.78, 5) is 11.6. The van der Waals surface area contributed by atoms with Crippen molar-refractivity contribution < 1.29 is 9.90 Å². The summed E-state index contributed by atoms with van der Waals surface area (Å²) in [5.41, 5.74) is 0. The second-order valence-electron chi connectivity index (χ2n) is 5.06. The first-order valence-electron chi connectivity index (χ1n) is 6.21. The highest BCUT2D eigenvalue weighted by atomic mass is 16.3. The molecule has 0 saturated heterocycles. The number of carbonyl (C=O) groups excluding carboxylic acids is 1. The Morgan fingerprint density at radius 2 is 1.93 bits per heavy atom. The molecule has 2 aliphatic rings. The lowest BCUT2D eigenvalue weighted by Gasteiger charge is -2.28. The predicted octanol–water partition coefficient (Wildman–Crippen LogP) is 1.45. The molecule has 15 heavy (non-hydrogen) atoms. The summed E-state index contributed by atoms with van der Waals surface area (Å²) in [6.07, 6.45) is 7.27. The van der Waals surface area contributed by atoms with Crippen LogP contribution in [0.2, 0.25) is 0 Å².